The van der Waals surface area contributed by atoms with Crippen LogP contribution in [0.25, 0.3) is 0 Å². The maximum absolute atomic E-state index is 2.12. The zero-order valence-electron chi connectivity index (χ0n) is 36.1. The van der Waals surface area contributed by atoms with Crippen molar-refractivity contribution in [3.63, 3.8) is 0 Å². The maximum Gasteiger partial charge on any atom is 0.0675 e. The standard InChI is InChI=1S/8C4H12N.H2O/c8*1-5(2,3)4;/h8*1-4H3;1H2/q8*+1;. The molecule has 0 spiro atoms. The first kappa shape index (κ1) is 63.8. The Bertz CT molecular complexity index is 304. The quantitative estimate of drug-likeness (QED) is 0.375. The van der Waals surface area contributed by atoms with Crippen molar-refractivity contribution in [1.29, 1.82) is 0 Å². The summed E-state index contributed by atoms with van der Waals surface area (Å²) in [7, 11) is 68.0. The van der Waals surface area contributed by atoms with E-state index in [0.717, 1.165) is 35.9 Å². The van der Waals surface area contributed by atoms with Crippen molar-refractivity contribution in [2.45, 2.75) is 0 Å². The molecule has 0 aliphatic carbocycles. The topological polar surface area (TPSA) is 31.5 Å². The lowest BCUT2D eigenvalue weighted by Gasteiger charge is -2.14. The molecule has 0 aromatic rings. The molecule has 0 aliphatic heterocycles. The average Bonchev–Trinajstić information content (AvgIpc) is 2.16. The molecule has 41 heavy (non-hydrogen) atoms. The highest BCUT2D eigenvalue weighted by atomic mass is 16.0. The van der Waals surface area contributed by atoms with Gasteiger partial charge in [0.1, 0.15) is 0 Å². The molecule has 0 rings (SSSR count). The molecular formula is C32H98N8O+8. The van der Waals surface area contributed by atoms with Crippen LogP contribution in [0, 0.1) is 0 Å². The van der Waals surface area contributed by atoms with E-state index in [-0.39, 0.29) is 5.48 Å². The van der Waals surface area contributed by atoms with Crippen molar-refractivity contribution < 1.29 is 41.3 Å². The summed E-state index contributed by atoms with van der Waals surface area (Å²) in [6.07, 6.45) is 0. The third kappa shape index (κ3) is 433000. The van der Waals surface area contributed by atoms with Crippen LogP contribution in [0.3, 0.4) is 0 Å². The van der Waals surface area contributed by atoms with Crippen LogP contribution in [0.4, 0.5) is 0 Å². The number of hydrogen-bond donors (Lipinski definition) is 0. The summed E-state index contributed by atoms with van der Waals surface area (Å²) in [5.41, 5.74) is 0. The molecule has 0 heterocycles. The van der Waals surface area contributed by atoms with Crippen molar-refractivity contribution >= 4 is 0 Å². The molecule has 0 saturated heterocycles. The molecule has 0 aromatic carbocycles. The van der Waals surface area contributed by atoms with Crippen molar-refractivity contribution in [2.75, 3.05) is 226 Å². The van der Waals surface area contributed by atoms with E-state index in [9.17, 15) is 0 Å². The van der Waals surface area contributed by atoms with E-state index in [0.29, 0.717) is 0 Å². The highest BCUT2D eigenvalue weighted by molar-refractivity contribution is 3.90. The fourth-order valence-corrected chi connectivity index (χ4v) is 0. The van der Waals surface area contributed by atoms with Crippen LogP contribution in [0.5, 0.6) is 0 Å². The Morgan fingerprint density at radius 1 is 0.122 bits per heavy atom. The Morgan fingerprint density at radius 2 is 0.122 bits per heavy atom. The van der Waals surface area contributed by atoms with Crippen molar-refractivity contribution in [1.82, 2.24) is 0 Å². The number of quaternary nitrogens is 8. The van der Waals surface area contributed by atoms with Gasteiger partial charge in [0.15, 0.2) is 0 Å². The Labute approximate surface area is 266 Å². The minimum Gasteiger partial charge on any atom is -0.412 e. The third-order valence-corrected chi connectivity index (χ3v) is 0. The molecule has 9 nitrogen and oxygen atoms in total. The molecule has 0 aliphatic rings. The fourth-order valence-electron chi connectivity index (χ4n) is 0. The van der Waals surface area contributed by atoms with Gasteiger partial charge < -0.3 is 41.3 Å². The van der Waals surface area contributed by atoms with E-state index in [1.54, 1.807) is 0 Å². The first-order chi connectivity index (χ1) is 16.0. The molecule has 0 atom stereocenters. The van der Waals surface area contributed by atoms with Crippen LogP contribution in [0.2, 0.25) is 0 Å². The Balaban J connectivity index is -0.0000000406. The average molecular weight is 611 g/mol. The molecule has 0 aromatic heterocycles. The van der Waals surface area contributed by atoms with E-state index in [1.807, 2.05) is 0 Å². The predicted molar refractivity (Wildman–Crippen MR) is 195 cm³/mol. The summed E-state index contributed by atoms with van der Waals surface area (Å²) >= 11 is 0. The summed E-state index contributed by atoms with van der Waals surface area (Å²) < 4.78 is 8.00. The molecule has 0 amide bonds. The number of nitrogens with zero attached hydrogens (tertiary/aromatic N) is 8. The summed E-state index contributed by atoms with van der Waals surface area (Å²) in [5.74, 6) is 0. The first-order valence-electron chi connectivity index (χ1n) is 14.3. The van der Waals surface area contributed by atoms with Crippen molar-refractivity contribution in [3.8, 4) is 0 Å². The largest absolute Gasteiger partial charge is 0.412 e. The Morgan fingerprint density at radius 3 is 0.122 bits per heavy atom. The van der Waals surface area contributed by atoms with Crippen LogP contribution in [0.15, 0.2) is 0 Å². The third-order valence-electron chi connectivity index (χ3n) is 0. The van der Waals surface area contributed by atoms with Crippen LogP contribution in [-0.2, 0) is 0 Å². The lowest BCUT2D eigenvalue weighted by atomic mass is 10.8. The van der Waals surface area contributed by atoms with E-state index in [2.05, 4.69) is 226 Å². The molecule has 0 fully saturated rings. The second kappa shape index (κ2) is 26.1. The summed E-state index contributed by atoms with van der Waals surface area (Å²) in [5, 5.41) is 0. The minimum atomic E-state index is 0. The monoisotopic (exact) mass is 611 g/mol. The van der Waals surface area contributed by atoms with Gasteiger partial charge in [-0.05, 0) is 0 Å². The van der Waals surface area contributed by atoms with Crippen LogP contribution < -0.4 is 0 Å². The fraction of sp³-hybridized carbons (Fsp3) is 1.00. The van der Waals surface area contributed by atoms with Crippen molar-refractivity contribution in [2.24, 2.45) is 0 Å². The molecular weight excluding hydrogens is 512 g/mol. The molecule has 9 heteroatoms. The normalized spacial score (nSPS) is 11.7. The van der Waals surface area contributed by atoms with E-state index >= 15 is 0 Å². The van der Waals surface area contributed by atoms with Crippen molar-refractivity contribution in [3.05, 3.63) is 0 Å². The lowest BCUT2D eigenvalue weighted by molar-refractivity contribution is -0.849. The smallest absolute Gasteiger partial charge is 0.0675 e. The lowest BCUT2D eigenvalue weighted by Crippen LogP contribution is -2.27. The zero-order chi connectivity index (χ0) is 36.0. The van der Waals surface area contributed by atoms with E-state index in [4.69, 9.17) is 0 Å². The Kier molecular flexibility index (Phi) is 40.6. The summed E-state index contributed by atoms with van der Waals surface area (Å²) in [6, 6.07) is 0. The second-order valence-electron chi connectivity index (χ2n) is 21.5. The van der Waals surface area contributed by atoms with E-state index in [1.165, 1.54) is 0 Å². The summed E-state index contributed by atoms with van der Waals surface area (Å²) in [6.45, 7) is 0. The number of hydrogen-bond acceptors (Lipinski definition) is 0. The van der Waals surface area contributed by atoms with Gasteiger partial charge in [0.25, 0.3) is 0 Å². The Hall–Kier alpha value is -0.360. The van der Waals surface area contributed by atoms with Gasteiger partial charge in [0.05, 0.1) is 226 Å². The van der Waals surface area contributed by atoms with Gasteiger partial charge >= 0.3 is 0 Å². The highest BCUT2D eigenvalue weighted by Gasteiger charge is 1.91. The minimum absolute atomic E-state index is 0. The molecule has 0 unspecified atom stereocenters. The molecule has 264 valence electrons. The molecule has 0 saturated carbocycles. The van der Waals surface area contributed by atoms with Crippen LogP contribution in [-0.4, -0.2) is 267 Å². The van der Waals surface area contributed by atoms with E-state index < -0.39 is 0 Å². The van der Waals surface area contributed by atoms with Gasteiger partial charge in [-0.15, -0.1) is 0 Å². The zero-order valence-corrected chi connectivity index (χ0v) is 36.1. The highest BCUT2D eigenvalue weighted by Crippen LogP contribution is 1.76. The van der Waals surface area contributed by atoms with Crippen LogP contribution in [0.1, 0.15) is 0 Å². The summed E-state index contributed by atoms with van der Waals surface area (Å²) in [4.78, 5) is 0. The molecule has 2 N–H and O–H groups in total. The number of rotatable bonds is 0. The SMILES string of the molecule is C[N+](C)(C)C.C[N+](C)(C)C.C[N+](C)(C)C.C[N+](C)(C)C.C[N+](C)(C)C.C[N+](C)(C)C.C[N+](C)(C)C.C[N+](C)(C)C.O. The first-order valence-corrected chi connectivity index (χ1v) is 14.3. The van der Waals surface area contributed by atoms with Gasteiger partial charge in [-0.25, -0.2) is 0 Å². The van der Waals surface area contributed by atoms with Gasteiger partial charge in [-0.1, -0.05) is 0 Å². The van der Waals surface area contributed by atoms with Gasteiger partial charge in [-0.3, -0.25) is 0 Å². The van der Waals surface area contributed by atoms with Gasteiger partial charge in [0.2, 0.25) is 0 Å². The maximum atomic E-state index is 2.12. The van der Waals surface area contributed by atoms with Crippen LogP contribution >= 0.6 is 0 Å². The van der Waals surface area contributed by atoms with Gasteiger partial charge in [-0.2, -0.15) is 0 Å². The van der Waals surface area contributed by atoms with Gasteiger partial charge in [0, 0.05) is 0 Å². The second-order valence-corrected chi connectivity index (χ2v) is 21.5. The predicted octanol–water partition coefficient (Wildman–Crippen LogP) is 1.75. The molecule has 0 radical (unpaired) electrons. The molecule has 0 bridgehead atoms.